The van der Waals surface area contributed by atoms with Gasteiger partial charge in [-0.05, 0) is 64.7 Å². The molecule has 45 heavy (non-hydrogen) atoms. The SMILES string of the molecule is CC1=NC(c2cc(-c3cc(F)c(CO)c(S(C)(=O)=O)c3)ccc2-n2cc(C(F)(F)F)nc2C)C(c2ccc3ccccc3c2)O1. The van der Waals surface area contributed by atoms with Crippen LogP contribution in [0.4, 0.5) is 17.6 Å². The van der Waals surface area contributed by atoms with Crippen molar-refractivity contribution >= 4 is 26.5 Å². The third kappa shape index (κ3) is 5.71. The van der Waals surface area contributed by atoms with Gasteiger partial charge in [0.1, 0.15) is 17.7 Å². The number of hydrogen-bond acceptors (Lipinski definition) is 6. The number of hydrogen-bond donors (Lipinski definition) is 1. The minimum absolute atomic E-state index is 0.0795. The maximum absolute atomic E-state index is 15.1. The van der Waals surface area contributed by atoms with Crippen LogP contribution in [-0.4, -0.2) is 35.2 Å². The van der Waals surface area contributed by atoms with Crippen LogP contribution in [-0.2, 0) is 27.4 Å². The summed E-state index contributed by atoms with van der Waals surface area (Å²) >= 11 is 0. The van der Waals surface area contributed by atoms with E-state index in [1.165, 1.54) is 17.6 Å². The van der Waals surface area contributed by atoms with Crippen molar-refractivity contribution in [2.45, 2.75) is 43.7 Å². The molecule has 4 aromatic carbocycles. The number of aromatic nitrogens is 2. The number of rotatable bonds is 6. The monoisotopic (exact) mass is 637 g/mol. The summed E-state index contributed by atoms with van der Waals surface area (Å²) in [5.41, 5.74) is 0.727. The largest absolute Gasteiger partial charge is 0.471 e. The van der Waals surface area contributed by atoms with E-state index >= 15 is 4.39 Å². The number of aliphatic hydroxyl groups is 1. The number of benzene rings is 4. The number of imidazole rings is 1. The molecule has 6 rings (SSSR count). The fraction of sp³-hybridized carbons (Fsp3) is 0.212. The molecule has 232 valence electrons. The Morgan fingerprint density at radius 1 is 0.956 bits per heavy atom. The predicted octanol–water partition coefficient (Wildman–Crippen LogP) is 7.29. The minimum Gasteiger partial charge on any atom is -0.471 e. The van der Waals surface area contributed by atoms with Crippen molar-refractivity contribution in [2.24, 2.45) is 4.99 Å². The first kappa shape index (κ1) is 30.5. The standard InChI is InChI=1S/C33H27F4N3O4S/c1-18-38-30(33(35,36)37)16-40(18)28-11-10-22(24-14-27(34)26(17-41)29(15-24)45(3,42)43)13-25(28)31-32(44-19(2)39-31)23-9-8-20-6-4-5-7-21(20)12-23/h4-16,31-32,41H,17H2,1-3H3. The number of aliphatic imine (C=N–C) groups is 1. The second-order valence-corrected chi connectivity index (χ2v) is 12.9. The number of aryl methyl sites for hydroxylation is 1. The van der Waals surface area contributed by atoms with Crippen LogP contribution in [0.15, 0.2) is 88.9 Å². The zero-order valence-electron chi connectivity index (χ0n) is 24.3. The van der Waals surface area contributed by atoms with E-state index < -0.39 is 46.3 Å². The molecule has 0 aliphatic carbocycles. The summed E-state index contributed by atoms with van der Waals surface area (Å²) in [5.74, 6) is -0.463. The van der Waals surface area contributed by atoms with E-state index in [1.54, 1.807) is 25.1 Å². The van der Waals surface area contributed by atoms with Crippen molar-refractivity contribution in [3.05, 3.63) is 113 Å². The van der Waals surface area contributed by atoms with Gasteiger partial charge in [0.05, 0.1) is 17.2 Å². The number of sulfone groups is 1. The van der Waals surface area contributed by atoms with Gasteiger partial charge in [-0.3, -0.25) is 0 Å². The fourth-order valence-corrected chi connectivity index (χ4v) is 6.67. The number of halogens is 4. The summed E-state index contributed by atoms with van der Waals surface area (Å²) in [6.45, 7) is 2.32. The van der Waals surface area contributed by atoms with Gasteiger partial charge in [-0.15, -0.1) is 0 Å². The van der Waals surface area contributed by atoms with Crippen LogP contribution in [0.5, 0.6) is 0 Å². The number of ether oxygens (including phenoxy) is 1. The summed E-state index contributed by atoms with van der Waals surface area (Å²) in [6, 6.07) is 20.0. The number of alkyl halides is 3. The van der Waals surface area contributed by atoms with Crippen LogP contribution >= 0.6 is 0 Å². The first-order chi connectivity index (χ1) is 21.2. The summed E-state index contributed by atoms with van der Waals surface area (Å²) < 4.78 is 88.6. The van der Waals surface area contributed by atoms with Crippen molar-refractivity contribution < 1.29 is 35.8 Å². The quantitative estimate of drug-likeness (QED) is 0.198. The molecular formula is C33H27F4N3O4S. The molecule has 1 aliphatic rings. The van der Waals surface area contributed by atoms with Crippen molar-refractivity contribution in [2.75, 3.05) is 6.26 Å². The summed E-state index contributed by atoms with van der Waals surface area (Å²) in [4.78, 5) is 8.11. The Balaban J connectivity index is 1.57. The topological polar surface area (TPSA) is 93.8 Å². The van der Waals surface area contributed by atoms with E-state index in [9.17, 15) is 26.7 Å². The third-order valence-electron chi connectivity index (χ3n) is 7.83. The average Bonchev–Trinajstić information content (AvgIpc) is 3.58. The molecule has 0 saturated carbocycles. The first-order valence-electron chi connectivity index (χ1n) is 13.9. The molecule has 7 nitrogen and oxygen atoms in total. The van der Waals surface area contributed by atoms with Gasteiger partial charge in [0.15, 0.2) is 27.5 Å². The Kier molecular flexibility index (Phi) is 7.52. The van der Waals surface area contributed by atoms with Gasteiger partial charge in [0, 0.05) is 30.5 Å². The number of nitrogens with zero attached hydrogens (tertiary/aromatic N) is 3. The van der Waals surface area contributed by atoms with E-state index in [0.717, 1.165) is 34.9 Å². The van der Waals surface area contributed by atoms with Crippen LogP contribution in [0.2, 0.25) is 0 Å². The second-order valence-electron chi connectivity index (χ2n) is 10.9. The van der Waals surface area contributed by atoms with Gasteiger partial charge in [-0.2, -0.15) is 13.2 Å². The Hall–Kier alpha value is -4.55. The second kappa shape index (κ2) is 11.1. The summed E-state index contributed by atoms with van der Waals surface area (Å²) in [7, 11) is -3.92. The van der Waals surface area contributed by atoms with Gasteiger partial charge >= 0.3 is 6.18 Å². The van der Waals surface area contributed by atoms with Gasteiger partial charge in [-0.25, -0.2) is 22.8 Å². The molecule has 1 aliphatic heterocycles. The van der Waals surface area contributed by atoms with Crippen molar-refractivity contribution in [1.29, 1.82) is 0 Å². The maximum Gasteiger partial charge on any atom is 0.434 e. The average molecular weight is 638 g/mol. The zero-order valence-corrected chi connectivity index (χ0v) is 25.1. The highest BCUT2D eigenvalue weighted by Gasteiger charge is 2.37. The van der Waals surface area contributed by atoms with Gasteiger partial charge in [0.2, 0.25) is 0 Å². The van der Waals surface area contributed by atoms with Crippen LogP contribution in [0.1, 0.15) is 47.3 Å². The Morgan fingerprint density at radius 2 is 1.69 bits per heavy atom. The Bertz CT molecular complexity index is 2110. The fourth-order valence-electron chi connectivity index (χ4n) is 5.72. The van der Waals surface area contributed by atoms with Gasteiger partial charge in [-0.1, -0.05) is 42.5 Å². The molecule has 0 fully saturated rings. The normalized spacial score (nSPS) is 17.0. The van der Waals surface area contributed by atoms with Crippen LogP contribution < -0.4 is 0 Å². The van der Waals surface area contributed by atoms with E-state index in [2.05, 4.69) is 4.98 Å². The molecular weight excluding hydrogens is 610 g/mol. The van der Waals surface area contributed by atoms with Crippen molar-refractivity contribution in [3.63, 3.8) is 0 Å². The highest BCUT2D eigenvalue weighted by Crippen LogP contribution is 2.44. The molecule has 0 saturated heterocycles. The molecule has 1 N–H and O–H groups in total. The molecule has 2 atom stereocenters. The first-order valence-corrected chi connectivity index (χ1v) is 15.7. The summed E-state index contributed by atoms with van der Waals surface area (Å²) in [6.07, 6.45) is -3.51. The van der Waals surface area contributed by atoms with Crippen molar-refractivity contribution in [3.8, 4) is 16.8 Å². The highest BCUT2D eigenvalue weighted by molar-refractivity contribution is 7.90. The highest BCUT2D eigenvalue weighted by atomic mass is 32.2. The van der Waals surface area contributed by atoms with Crippen LogP contribution in [0.3, 0.4) is 0 Å². The molecule has 0 bridgehead atoms. The molecule has 5 aromatic rings. The molecule has 0 spiro atoms. The number of aliphatic hydroxyl groups excluding tert-OH is 1. The molecule has 12 heteroatoms. The minimum atomic E-state index is -4.68. The third-order valence-corrected chi connectivity index (χ3v) is 8.99. The molecule has 0 amide bonds. The lowest BCUT2D eigenvalue weighted by molar-refractivity contribution is -0.141. The maximum atomic E-state index is 15.1. The molecule has 0 radical (unpaired) electrons. The molecule has 2 heterocycles. The van der Waals surface area contributed by atoms with E-state index in [-0.39, 0.29) is 21.8 Å². The van der Waals surface area contributed by atoms with E-state index in [4.69, 9.17) is 9.73 Å². The smallest absolute Gasteiger partial charge is 0.434 e. The lowest BCUT2D eigenvalue weighted by Gasteiger charge is -2.23. The predicted molar refractivity (Wildman–Crippen MR) is 161 cm³/mol. The van der Waals surface area contributed by atoms with E-state index in [0.29, 0.717) is 22.7 Å². The Labute approximate surface area is 256 Å². The molecule has 1 aromatic heterocycles. The van der Waals surface area contributed by atoms with E-state index in [1.807, 2.05) is 42.5 Å². The lowest BCUT2D eigenvalue weighted by Crippen LogP contribution is -2.12. The van der Waals surface area contributed by atoms with Gasteiger partial charge in [0.25, 0.3) is 0 Å². The lowest BCUT2D eigenvalue weighted by atomic mass is 9.91. The van der Waals surface area contributed by atoms with Gasteiger partial charge < -0.3 is 14.4 Å². The van der Waals surface area contributed by atoms with Crippen molar-refractivity contribution in [1.82, 2.24) is 9.55 Å². The van der Waals surface area contributed by atoms with Crippen LogP contribution in [0.25, 0.3) is 27.6 Å². The zero-order chi connectivity index (χ0) is 32.3. The number of fused-ring (bicyclic) bond motifs is 1. The van der Waals surface area contributed by atoms with Crippen LogP contribution in [0, 0.1) is 12.7 Å². The Morgan fingerprint density at radius 3 is 2.36 bits per heavy atom. The summed E-state index contributed by atoms with van der Waals surface area (Å²) in [5, 5.41) is 11.6. The molecule has 2 unspecified atom stereocenters.